The summed E-state index contributed by atoms with van der Waals surface area (Å²) in [4.78, 5) is 14.8. The zero-order valence-electron chi connectivity index (χ0n) is 15.3. The van der Waals surface area contributed by atoms with Crippen molar-refractivity contribution in [3.05, 3.63) is 30.3 Å². The molecule has 0 spiro atoms. The van der Waals surface area contributed by atoms with Crippen molar-refractivity contribution in [1.29, 1.82) is 0 Å². The molecule has 1 atom stereocenters. The summed E-state index contributed by atoms with van der Waals surface area (Å²) < 4.78 is 26.0. The Bertz CT molecular complexity index is 661. The zero-order chi connectivity index (χ0) is 18.4. The van der Waals surface area contributed by atoms with Crippen LogP contribution in [0.1, 0.15) is 26.7 Å². The van der Waals surface area contributed by atoms with Crippen LogP contribution in [0.2, 0.25) is 0 Å². The summed E-state index contributed by atoms with van der Waals surface area (Å²) in [6.07, 6.45) is 2.24. The van der Waals surface area contributed by atoms with Crippen molar-refractivity contribution in [2.75, 3.05) is 33.2 Å². The summed E-state index contributed by atoms with van der Waals surface area (Å²) in [6, 6.07) is 8.68. The molecular formula is C18H29N3O3S. The van der Waals surface area contributed by atoms with Crippen molar-refractivity contribution < 1.29 is 13.2 Å². The van der Waals surface area contributed by atoms with Gasteiger partial charge in [0.25, 0.3) is 0 Å². The molecule has 1 aromatic rings. The summed E-state index contributed by atoms with van der Waals surface area (Å²) in [5.74, 6) is 0.166. The molecule has 1 aliphatic heterocycles. The minimum Gasteiger partial charge on any atom is -0.355 e. The van der Waals surface area contributed by atoms with Crippen molar-refractivity contribution in [3.63, 3.8) is 0 Å². The largest absolute Gasteiger partial charge is 0.355 e. The zero-order valence-corrected chi connectivity index (χ0v) is 16.1. The molecule has 0 unspecified atom stereocenters. The lowest BCUT2D eigenvalue weighted by Crippen LogP contribution is -2.45. The molecule has 1 aliphatic rings. The van der Waals surface area contributed by atoms with Gasteiger partial charge in [-0.15, -0.1) is 0 Å². The fourth-order valence-electron chi connectivity index (χ4n) is 3.11. The van der Waals surface area contributed by atoms with Gasteiger partial charge in [-0.05, 0) is 51.3 Å². The van der Waals surface area contributed by atoms with Crippen LogP contribution in [0.3, 0.4) is 0 Å². The van der Waals surface area contributed by atoms with Crippen LogP contribution in [0, 0.1) is 5.92 Å². The maximum absolute atomic E-state index is 12.4. The Kier molecular flexibility index (Phi) is 6.98. The van der Waals surface area contributed by atoms with E-state index < -0.39 is 10.0 Å². The number of hydrogen-bond donors (Lipinski definition) is 1. The lowest BCUT2D eigenvalue weighted by Gasteiger charge is -2.35. The van der Waals surface area contributed by atoms with Gasteiger partial charge in [0.2, 0.25) is 15.9 Å². The number of likely N-dealkylation sites (tertiary alicyclic amines) is 1. The lowest BCUT2D eigenvalue weighted by atomic mass is 9.97. The second kappa shape index (κ2) is 8.78. The average molecular weight is 368 g/mol. The molecule has 0 aliphatic carbocycles. The van der Waals surface area contributed by atoms with E-state index in [1.807, 2.05) is 0 Å². The van der Waals surface area contributed by atoms with Crippen LogP contribution < -0.4 is 5.32 Å². The van der Waals surface area contributed by atoms with E-state index >= 15 is 0 Å². The monoisotopic (exact) mass is 367 g/mol. The standard InChI is InChI=1S/C18H29N3O3S/c1-15(2)21-11-7-8-16(13-21)12-19-18(22)14-20(3)25(23,24)17-9-5-4-6-10-17/h4-6,9-10,15-16H,7-8,11-14H2,1-3H3,(H,19,22)/t16-/m0/s1. The second-order valence-corrected chi connectivity index (χ2v) is 9.02. The van der Waals surface area contributed by atoms with Gasteiger partial charge in [-0.2, -0.15) is 4.31 Å². The molecule has 25 heavy (non-hydrogen) atoms. The average Bonchev–Trinajstić information content (AvgIpc) is 2.61. The van der Waals surface area contributed by atoms with Crippen LogP contribution in [0.15, 0.2) is 35.2 Å². The fraction of sp³-hybridized carbons (Fsp3) is 0.611. The van der Waals surface area contributed by atoms with Gasteiger partial charge >= 0.3 is 0 Å². The highest BCUT2D eigenvalue weighted by molar-refractivity contribution is 7.89. The molecule has 1 aromatic carbocycles. The van der Waals surface area contributed by atoms with E-state index in [2.05, 4.69) is 24.1 Å². The maximum Gasteiger partial charge on any atom is 0.243 e. The number of rotatable bonds is 7. The molecule has 140 valence electrons. The summed E-state index contributed by atoms with van der Waals surface area (Å²) in [5.41, 5.74) is 0. The van der Waals surface area contributed by atoms with Crippen LogP contribution in [0.25, 0.3) is 0 Å². The fourth-order valence-corrected chi connectivity index (χ4v) is 4.25. The van der Waals surface area contributed by atoms with E-state index in [9.17, 15) is 13.2 Å². The van der Waals surface area contributed by atoms with Crippen molar-refractivity contribution in [3.8, 4) is 0 Å². The van der Waals surface area contributed by atoms with E-state index in [-0.39, 0.29) is 17.3 Å². The van der Waals surface area contributed by atoms with Gasteiger partial charge in [0.05, 0.1) is 11.4 Å². The Morgan fingerprint density at radius 3 is 2.64 bits per heavy atom. The first kappa shape index (κ1) is 19.9. The van der Waals surface area contributed by atoms with Gasteiger partial charge in [-0.1, -0.05) is 18.2 Å². The van der Waals surface area contributed by atoms with Gasteiger partial charge in [-0.3, -0.25) is 4.79 Å². The molecule has 0 aromatic heterocycles. The molecule has 0 saturated carbocycles. The molecule has 1 fully saturated rings. The van der Waals surface area contributed by atoms with Gasteiger partial charge in [-0.25, -0.2) is 8.42 Å². The number of benzene rings is 1. The molecule has 2 rings (SSSR count). The Morgan fingerprint density at radius 2 is 2.00 bits per heavy atom. The first-order valence-electron chi connectivity index (χ1n) is 8.83. The summed E-state index contributed by atoms with van der Waals surface area (Å²) in [7, 11) is -2.20. The number of nitrogens with one attached hydrogen (secondary N) is 1. The lowest BCUT2D eigenvalue weighted by molar-refractivity contribution is -0.121. The van der Waals surface area contributed by atoms with Crippen LogP contribution in [0.5, 0.6) is 0 Å². The van der Waals surface area contributed by atoms with Crippen LogP contribution in [0.4, 0.5) is 0 Å². The number of hydrogen-bond acceptors (Lipinski definition) is 4. The summed E-state index contributed by atoms with van der Waals surface area (Å²) >= 11 is 0. The second-order valence-electron chi connectivity index (χ2n) is 6.98. The quantitative estimate of drug-likeness (QED) is 0.794. The van der Waals surface area contributed by atoms with E-state index in [1.54, 1.807) is 18.2 Å². The molecular weight excluding hydrogens is 338 g/mol. The molecule has 1 N–H and O–H groups in total. The molecule has 6 nitrogen and oxygen atoms in total. The molecule has 1 saturated heterocycles. The van der Waals surface area contributed by atoms with Gasteiger partial charge in [0.1, 0.15) is 0 Å². The van der Waals surface area contributed by atoms with Crippen LogP contribution in [-0.4, -0.2) is 62.8 Å². The van der Waals surface area contributed by atoms with Crippen molar-refractivity contribution in [2.24, 2.45) is 5.92 Å². The van der Waals surface area contributed by atoms with E-state index in [0.717, 1.165) is 30.2 Å². The SMILES string of the molecule is CC(C)N1CCC[C@@H](CNC(=O)CN(C)S(=O)(=O)c2ccccc2)C1. The molecule has 7 heteroatoms. The van der Waals surface area contributed by atoms with Gasteiger partial charge in [0.15, 0.2) is 0 Å². The van der Waals surface area contributed by atoms with E-state index in [4.69, 9.17) is 0 Å². The van der Waals surface area contributed by atoms with E-state index in [1.165, 1.54) is 19.2 Å². The van der Waals surface area contributed by atoms with Gasteiger partial charge in [0, 0.05) is 26.2 Å². The predicted molar refractivity (Wildman–Crippen MR) is 98.7 cm³/mol. The number of sulfonamides is 1. The summed E-state index contributed by atoms with van der Waals surface area (Å²) in [6.45, 7) is 6.89. The van der Waals surface area contributed by atoms with Gasteiger partial charge < -0.3 is 10.2 Å². The number of piperidine rings is 1. The third-order valence-corrected chi connectivity index (χ3v) is 6.50. The Labute approximate surface area is 151 Å². The number of nitrogens with zero attached hydrogens (tertiary/aromatic N) is 2. The minimum atomic E-state index is -3.63. The molecule has 0 radical (unpaired) electrons. The highest BCUT2D eigenvalue weighted by atomic mass is 32.2. The number of carbonyl (C=O) groups excluding carboxylic acids is 1. The van der Waals surface area contributed by atoms with Crippen LogP contribution in [-0.2, 0) is 14.8 Å². The van der Waals surface area contributed by atoms with Crippen molar-refractivity contribution in [1.82, 2.24) is 14.5 Å². The summed E-state index contributed by atoms with van der Waals surface area (Å²) in [5, 5.41) is 2.89. The number of carbonyl (C=O) groups is 1. The number of amides is 1. The third kappa shape index (κ3) is 5.52. The minimum absolute atomic E-state index is 0.169. The normalized spacial score (nSPS) is 19.3. The first-order chi connectivity index (χ1) is 11.8. The highest BCUT2D eigenvalue weighted by Crippen LogP contribution is 2.18. The van der Waals surface area contributed by atoms with Crippen molar-refractivity contribution in [2.45, 2.75) is 37.6 Å². The Balaban J connectivity index is 1.84. The smallest absolute Gasteiger partial charge is 0.243 e. The molecule has 1 amide bonds. The van der Waals surface area contributed by atoms with Crippen molar-refractivity contribution >= 4 is 15.9 Å². The molecule has 0 bridgehead atoms. The van der Waals surface area contributed by atoms with E-state index in [0.29, 0.717) is 18.5 Å². The van der Waals surface area contributed by atoms with Crippen LogP contribution >= 0.6 is 0 Å². The number of likely N-dealkylation sites (N-methyl/N-ethyl adjacent to an activating group) is 1. The predicted octanol–water partition coefficient (Wildman–Crippen LogP) is 1.54. The first-order valence-corrected chi connectivity index (χ1v) is 10.3. The Hall–Kier alpha value is -1.44. The highest BCUT2D eigenvalue weighted by Gasteiger charge is 2.24. The maximum atomic E-state index is 12.4. The molecule has 1 heterocycles. The third-order valence-electron chi connectivity index (χ3n) is 4.69. The topological polar surface area (TPSA) is 69.7 Å². The Morgan fingerprint density at radius 1 is 1.32 bits per heavy atom.